The van der Waals surface area contributed by atoms with E-state index in [0.717, 1.165) is 9.69 Å². The van der Waals surface area contributed by atoms with Crippen LogP contribution in [0.4, 0.5) is 5.69 Å². The molecule has 0 spiro atoms. The second-order valence-electron chi connectivity index (χ2n) is 7.33. The van der Waals surface area contributed by atoms with Crippen molar-refractivity contribution >= 4 is 38.4 Å². The average molecular weight is 390 g/mol. The highest BCUT2D eigenvalue weighted by molar-refractivity contribution is 7.93. The molecule has 0 fully saturated rings. The minimum atomic E-state index is -3.84. The van der Waals surface area contributed by atoms with Crippen LogP contribution in [0.25, 0.3) is 10.8 Å². The Balaban J connectivity index is 1.91. The van der Waals surface area contributed by atoms with Gasteiger partial charge in [-0.1, -0.05) is 38.1 Å². The lowest BCUT2D eigenvalue weighted by molar-refractivity contribution is -0.139. The molecule has 0 saturated carbocycles. The van der Waals surface area contributed by atoms with Gasteiger partial charge in [0.25, 0.3) is 10.0 Å². The summed E-state index contributed by atoms with van der Waals surface area (Å²) in [6.45, 7) is 4.87. The van der Waals surface area contributed by atoms with Crippen LogP contribution in [0.5, 0.6) is 0 Å². The number of hydrogen-bond donors (Lipinski definition) is 2. The molecule has 2 aromatic carbocycles. The lowest BCUT2D eigenvalue weighted by Crippen LogP contribution is -2.54. The predicted molar refractivity (Wildman–Crippen MR) is 102 cm³/mol. The molecule has 2 aromatic rings. The van der Waals surface area contributed by atoms with Crippen LogP contribution in [-0.4, -0.2) is 37.5 Å². The Labute approximate surface area is 158 Å². The summed E-state index contributed by atoms with van der Waals surface area (Å²) in [5.74, 6) is -1.72. The van der Waals surface area contributed by atoms with E-state index in [-0.39, 0.29) is 17.2 Å². The fourth-order valence-corrected chi connectivity index (χ4v) is 4.99. The number of carboxylic acid groups (broad SMARTS) is 1. The molecule has 0 radical (unpaired) electrons. The van der Waals surface area contributed by atoms with E-state index >= 15 is 0 Å². The summed E-state index contributed by atoms with van der Waals surface area (Å²) in [6, 6.07) is 10.3. The minimum absolute atomic E-state index is 0.145. The van der Waals surface area contributed by atoms with Crippen molar-refractivity contribution in [2.75, 3.05) is 10.8 Å². The molecule has 0 saturated heterocycles. The molecule has 27 heavy (non-hydrogen) atoms. The zero-order valence-corrected chi connectivity index (χ0v) is 16.2. The van der Waals surface area contributed by atoms with E-state index in [1.165, 1.54) is 6.07 Å². The number of carboxylic acids is 1. The topological polar surface area (TPSA) is 104 Å². The number of carbonyl (C=O) groups is 2. The summed E-state index contributed by atoms with van der Waals surface area (Å²) >= 11 is 0. The van der Waals surface area contributed by atoms with Crippen molar-refractivity contribution in [1.29, 1.82) is 0 Å². The summed E-state index contributed by atoms with van der Waals surface area (Å²) in [4.78, 5) is 24.0. The zero-order valence-electron chi connectivity index (χ0n) is 15.4. The Morgan fingerprint density at radius 1 is 1.19 bits per heavy atom. The molecule has 1 aliphatic heterocycles. The monoisotopic (exact) mass is 390 g/mol. The number of nitrogens with one attached hydrogen (secondary N) is 1. The van der Waals surface area contributed by atoms with Crippen molar-refractivity contribution in [2.24, 2.45) is 5.92 Å². The van der Waals surface area contributed by atoms with Gasteiger partial charge in [-0.25, -0.2) is 8.42 Å². The van der Waals surface area contributed by atoms with Crippen molar-refractivity contribution in [1.82, 2.24) is 5.32 Å². The Bertz CT molecular complexity index is 1030. The number of anilines is 1. The van der Waals surface area contributed by atoms with Crippen molar-refractivity contribution in [3.05, 3.63) is 36.4 Å². The van der Waals surface area contributed by atoms with Crippen LogP contribution in [0.2, 0.25) is 0 Å². The van der Waals surface area contributed by atoms with E-state index in [1.807, 2.05) is 26.0 Å². The van der Waals surface area contributed by atoms with Crippen LogP contribution in [0.3, 0.4) is 0 Å². The first-order valence-corrected chi connectivity index (χ1v) is 10.1. The molecule has 3 rings (SSSR count). The average Bonchev–Trinajstić information content (AvgIpc) is 2.77. The minimum Gasteiger partial charge on any atom is -0.481 e. The maximum absolute atomic E-state index is 12.9. The molecule has 7 nitrogen and oxygen atoms in total. The third-order valence-electron chi connectivity index (χ3n) is 5.19. The van der Waals surface area contributed by atoms with Crippen molar-refractivity contribution in [3.8, 4) is 0 Å². The number of rotatable bonds is 6. The first-order chi connectivity index (χ1) is 12.6. The van der Waals surface area contributed by atoms with Gasteiger partial charge in [0.05, 0.1) is 22.5 Å². The van der Waals surface area contributed by atoms with E-state index in [4.69, 9.17) is 5.11 Å². The van der Waals surface area contributed by atoms with Gasteiger partial charge in [-0.3, -0.25) is 13.9 Å². The van der Waals surface area contributed by atoms with Crippen LogP contribution in [0.1, 0.15) is 27.2 Å². The lowest BCUT2D eigenvalue weighted by atomic mass is 9.85. The molecule has 144 valence electrons. The molecule has 1 amide bonds. The number of sulfonamides is 1. The molecule has 0 aromatic heterocycles. The molecule has 1 atom stereocenters. The SMILES string of the molecule is CC(C)C(C)(CC(=O)O)NC(=O)CN1c2cccc3cccc(c23)S1(=O)=O. The van der Waals surface area contributed by atoms with Gasteiger partial charge in [-0.2, -0.15) is 0 Å². The smallest absolute Gasteiger partial charge is 0.305 e. The summed E-state index contributed by atoms with van der Waals surface area (Å²) in [5.41, 5.74) is -0.520. The Morgan fingerprint density at radius 3 is 2.41 bits per heavy atom. The second-order valence-corrected chi connectivity index (χ2v) is 9.16. The quantitative estimate of drug-likeness (QED) is 0.788. The van der Waals surface area contributed by atoms with E-state index < -0.39 is 34.0 Å². The molecule has 1 heterocycles. The number of amides is 1. The first-order valence-electron chi connectivity index (χ1n) is 8.63. The van der Waals surface area contributed by atoms with Gasteiger partial charge in [0, 0.05) is 5.39 Å². The Kier molecular flexibility index (Phi) is 4.63. The summed E-state index contributed by atoms with van der Waals surface area (Å²) in [7, 11) is -3.84. The van der Waals surface area contributed by atoms with E-state index in [0.29, 0.717) is 11.1 Å². The fraction of sp³-hybridized carbons (Fsp3) is 0.368. The second kappa shape index (κ2) is 6.53. The van der Waals surface area contributed by atoms with Crippen molar-refractivity contribution < 1.29 is 23.1 Å². The maximum Gasteiger partial charge on any atom is 0.305 e. The predicted octanol–water partition coefficient (Wildman–Crippen LogP) is 2.35. The first kappa shape index (κ1) is 19.2. The van der Waals surface area contributed by atoms with Gasteiger partial charge in [0.1, 0.15) is 6.54 Å². The normalized spacial score (nSPS) is 17.1. The summed E-state index contributed by atoms with van der Waals surface area (Å²) in [6.07, 6.45) is -0.251. The standard InChI is InChI=1S/C19H22N2O5S/c1-12(2)19(3,10-17(23)24)20-16(22)11-21-14-8-4-6-13-7-5-9-15(18(13)14)27(21,25)26/h4-9,12H,10-11H2,1-3H3,(H,20,22)(H,23,24). The Morgan fingerprint density at radius 2 is 1.81 bits per heavy atom. The molecule has 8 heteroatoms. The summed E-state index contributed by atoms with van der Waals surface area (Å²) < 4.78 is 26.9. The molecular formula is C19H22N2O5S. The van der Waals surface area contributed by atoms with Crippen LogP contribution in [-0.2, 0) is 19.6 Å². The molecule has 0 aliphatic carbocycles. The zero-order chi connectivity index (χ0) is 20.0. The lowest BCUT2D eigenvalue weighted by Gasteiger charge is -2.34. The third kappa shape index (κ3) is 3.25. The van der Waals surface area contributed by atoms with Crippen LogP contribution >= 0.6 is 0 Å². The van der Waals surface area contributed by atoms with Gasteiger partial charge in [-0.15, -0.1) is 0 Å². The van der Waals surface area contributed by atoms with Gasteiger partial charge in [-0.05, 0) is 30.4 Å². The number of carbonyl (C=O) groups excluding carboxylic acids is 1. The van der Waals surface area contributed by atoms with Crippen LogP contribution in [0.15, 0.2) is 41.3 Å². The van der Waals surface area contributed by atoms with Gasteiger partial charge < -0.3 is 10.4 Å². The van der Waals surface area contributed by atoms with E-state index in [1.54, 1.807) is 25.1 Å². The molecule has 0 bridgehead atoms. The maximum atomic E-state index is 12.9. The number of benzene rings is 2. The summed E-state index contributed by atoms with van der Waals surface area (Å²) in [5, 5.41) is 13.3. The molecular weight excluding hydrogens is 368 g/mol. The van der Waals surface area contributed by atoms with Gasteiger partial charge in [0.15, 0.2) is 0 Å². The molecule has 1 aliphatic rings. The van der Waals surface area contributed by atoms with Crippen LogP contribution in [0, 0.1) is 5.92 Å². The van der Waals surface area contributed by atoms with Crippen molar-refractivity contribution in [3.63, 3.8) is 0 Å². The van der Waals surface area contributed by atoms with Gasteiger partial charge >= 0.3 is 5.97 Å². The van der Waals surface area contributed by atoms with Crippen molar-refractivity contribution in [2.45, 2.75) is 37.6 Å². The van der Waals surface area contributed by atoms with Crippen LogP contribution < -0.4 is 9.62 Å². The number of aliphatic carboxylic acids is 1. The Hall–Kier alpha value is -2.61. The van der Waals surface area contributed by atoms with E-state index in [2.05, 4.69) is 5.32 Å². The largest absolute Gasteiger partial charge is 0.481 e. The van der Waals surface area contributed by atoms with E-state index in [9.17, 15) is 18.0 Å². The third-order valence-corrected chi connectivity index (χ3v) is 6.99. The number of hydrogen-bond acceptors (Lipinski definition) is 4. The fourth-order valence-electron chi connectivity index (χ4n) is 3.32. The number of nitrogens with zero attached hydrogens (tertiary/aromatic N) is 1. The molecule has 1 unspecified atom stereocenters. The van der Waals surface area contributed by atoms with Gasteiger partial charge in [0.2, 0.25) is 5.91 Å². The highest BCUT2D eigenvalue weighted by Gasteiger charge is 2.38. The highest BCUT2D eigenvalue weighted by Crippen LogP contribution is 2.41. The molecule has 2 N–H and O–H groups in total. The highest BCUT2D eigenvalue weighted by atomic mass is 32.2.